The van der Waals surface area contributed by atoms with Crippen LogP contribution < -0.4 is 0 Å². The number of hydrogen-bond acceptors (Lipinski definition) is 2. The lowest BCUT2D eigenvalue weighted by molar-refractivity contribution is 0.460. The van der Waals surface area contributed by atoms with Gasteiger partial charge in [0.2, 0.25) is 0 Å². The van der Waals surface area contributed by atoms with Gasteiger partial charge in [-0.05, 0) is 74.6 Å². The van der Waals surface area contributed by atoms with Crippen molar-refractivity contribution in [2.75, 3.05) is 0 Å². The van der Waals surface area contributed by atoms with Crippen molar-refractivity contribution in [2.45, 2.75) is 125 Å². The van der Waals surface area contributed by atoms with Gasteiger partial charge >= 0.3 is 0 Å². The van der Waals surface area contributed by atoms with Gasteiger partial charge in [-0.25, -0.2) is 0 Å². The minimum Gasteiger partial charge on any atom is -0.282 e. The van der Waals surface area contributed by atoms with Gasteiger partial charge in [0.1, 0.15) is 0 Å². The Kier molecular flexibility index (Phi) is 9.66. The van der Waals surface area contributed by atoms with Crippen LogP contribution in [0.5, 0.6) is 0 Å². The van der Waals surface area contributed by atoms with Crippen LogP contribution in [0.15, 0.2) is 29.2 Å². The van der Waals surface area contributed by atoms with Gasteiger partial charge in [0, 0.05) is 0 Å². The molecule has 0 heterocycles. The first kappa shape index (κ1) is 24.2. The summed E-state index contributed by atoms with van der Waals surface area (Å²) in [6, 6.07) is 5.99. The Morgan fingerprint density at radius 2 is 1.00 bits per heavy atom. The van der Waals surface area contributed by atoms with E-state index in [-0.39, 0.29) is 4.90 Å². The van der Waals surface area contributed by atoms with E-state index in [1.807, 2.05) is 6.92 Å². The van der Waals surface area contributed by atoms with Crippen LogP contribution in [0.25, 0.3) is 0 Å². The Balaban J connectivity index is 0.000000199. The van der Waals surface area contributed by atoms with Crippen molar-refractivity contribution in [3.8, 4) is 0 Å². The fourth-order valence-corrected chi connectivity index (χ4v) is 10.9. The Morgan fingerprint density at radius 1 is 0.667 bits per heavy atom. The minimum atomic E-state index is -4.02. The van der Waals surface area contributed by atoms with E-state index >= 15 is 0 Å². The Bertz CT molecular complexity index is 670. The molecule has 3 saturated carbocycles. The fourth-order valence-electron chi connectivity index (χ4n) is 5.74. The highest BCUT2D eigenvalue weighted by atomic mass is 32.2. The highest BCUT2D eigenvalue weighted by Gasteiger charge is 2.36. The fraction of sp³-hybridized carbons (Fsp3) is 0.760. The summed E-state index contributed by atoms with van der Waals surface area (Å²) in [5, 5.41) is 0. The number of hydrogen-bond donors (Lipinski definition) is 1. The summed E-state index contributed by atoms with van der Waals surface area (Å²) in [4.78, 5) is -0.0666. The lowest BCUT2D eigenvalue weighted by atomic mass is 9.99. The third kappa shape index (κ3) is 7.31. The highest BCUT2D eigenvalue weighted by molar-refractivity contribution is 7.85. The second-order valence-corrected chi connectivity index (χ2v) is 14.1. The third-order valence-electron chi connectivity index (χ3n) is 7.31. The van der Waals surface area contributed by atoms with Crippen LogP contribution in [0, 0.1) is 6.92 Å². The summed E-state index contributed by atoms with van der Waals surface area (Å²) in [6.45, 7) is 1.84. The zero-order valence-electron chi connectivity index (χ0n) is 18.8. The van der Waals surface area contributed by atoms with Gasteiger partial charge in [0.05, 0.1) is 4.90 Å². The first-order valence-corrected chi connectivity index (χ1v) is 15.3. The molecule has 1 aromatic carbocycles. The molecule has 3 nitrogen and oxygen atoms in total. The largest absolute Gasteiger partial charge is 0.294 e. The average molecular weight is 453 g/mol. The monoisotopic (exact) mass is 452 g/mol. The van der Waals surface area contributed by atoms with E-state index in [1.165, 1.54) is 48.4 Å². The van der Waals surface area contributed by atoms with E-state index < -0.39 is 10.1 Å². The molecule has 0 bridgehead atoms. The molecule has 5 heteroatoms. The van der Waals surface area contributed by atoms with Crippen molar-refractivity contribution in [3.05, 3.63) is 29.8 Å². The summed E-state index contributed by atoms with van der Waals surface area (Å²) in [7, 11) is -3.63. The molecule has 3 aliphatic rings. The smallest absolute Gasteiger partial charge is 0.282 e. The second kappa shape index (κ2) is 12.0. The van der Waals surface area contributed by atoms with E-state index in [1.54, 1.807) is 89.2 Å². The molecule has 0 amide bonds. The van der Waals surface area contributed by atoms with Gasteiger partial charge in [-0.15, -0.1) is 0 Å². The van der Waals surface area contributed by atoms with Crippen molar-refractivity contribution in [3.63, 3.8) is 0 Å². The number of aryl methyl sites for hydroxylation is 1. The van der Waals surface area contributed by atoms with Gasteiger partial charge < -0.3 is 0 Å². The van der Waals surface area contributed by atoms with E-state index in [0.29, 0.717) is 7.92 Å². The number of benzene rings is 1. The van der Waals surface area contributed by atoms with E-state index in [0.717, 1.165) is 5.56 Å². The summed E-state index contributed by atoms with van der Waals surface area (Å²) in [5.41, 5.74) is 4.53. The molecule has 3 fully saturated rings. The molecule has 0 spiro atoms. The van der Waals surface area contributed by atoms with Crippen molar-refractivity contribution in [1.82, 2.24) is 0 Å². The van der Waals surface area contributed by atoms with Crippen molar-refractivity contribution < 1.29 is 13.0 Å². The zero-order chi connectivity index (χ0) is 21.4. The van der Waals surface area contributed by atoms with Crippen LogP contribution in [-0.4, -0.2) is 29.9 Å². The van der Waals surface area contributed by atoms with Crippen LogP contribution in [0.2, 0.25) is 0 Å². The van der Waals surface area contributed by atoms with Crippen molar-refractivity contribution in [2.24, 2.45) is 0 Å². The molecule has 0 saturated heterocycles. The standard InChI is InChI=1S/C18H33P.C7H8O3S/c1-4-10-16(11-5-1)19(17-12-6-2-7-13-17)18-14-8-3-9-15-18;1-6-2-4-7(5-3-6)11(8,9)10/h16-18H,1-15H2;2-5H,1H3,(H,8,9,10). The Morgan fingerprint density at radius 3 is 1.30 bits per heavy atom. The van der Waals surface area contributed by atoms with E-state index in [9.17, 15) is 8.42 Å². The molecule has 3 aliphatic carbocycles. The van der Waals surface area contributed by atoms with Gasteiger partial charge in [-0.1, -0.05) is 83.4 Å². The molecular formula is C25H41O3PS. The van der Waals surface area contributed by atoms with Gasteiger partial charge in [0.15, 0.2) is 0 Å². The lowest BCUT2D eigenvalue weighted by Gasteiger charge is -2.44. The van der Waals surface area contributed by atoms with Crippen LogP contribution in [-0.2, 0) is 10.1 Å². The maximum atomic E-state index is 10.5. The average Bonchev–Trinajstić information content (AvgIpc) is 2.76. The predicted octanol–water partition coefficient (Wildman–Crippen LogP) is 7.71. The quantitative estimate of drug-likeness (QED) is 0.376. The lowest BCUT2D eigenvalue weighted by Crippen LogP contribution is -2.28. The molecular weight excluding hydrogens is 411 g/mol. The van der Waals surface area contributed by atoms with Crippen LogP contribution in [0.4, 0.5) is 0 Å². The van der Waals surface area contributed by atoms with Crippen molar-refractivity contribution in [1.29, 1.82) is 0 Å². The van der Waals surface area contributed by atoms with E-state index in [4.69, 9.17) is 4.55 Å². The SMILES string of the molecule is C1CCC(P(C2CCCCC2)C2CCCCC2)CC1.Cc1ccc(S(=O)(=O)O)cc1. The third-order valence-corrected chi connectivity index (χ3v) is 12.3. The zero-order valence-corrected chi connectivity index (χ0v) is 20.5. The van der Waals surface area contributed by atoms with Crippen molar-refractivity contribution >= 4 is 18.0 Å². The van der Waals surface area contributed by atoms with Gasteiger partial charge in [0.25, 0.3) is 10.1 Å². The van der Waals surface area contributed by atoms with Gasteiger partial charge in [-0.3, -0.25) is 4.55 Å². The molecule has 1 aromatic rings. The summed E-state index contributed by atoms with van der Waals surface area (Å²) in [6.07, 6.45) is 23.6. The Labute approximate surface area is 185 Å². The molecule has 0 unspecified atom stereocenters. The maximum Gasteiger partial charge on any atom is 0.294 e. The summed E-state index contributed by atoms with van der Waals surface area (Å²) < 4.78 is 29.6. The van der Waals surface area contributed by atoms with E-state index in [2.05, 4.69) is 0 Å². The Hall–Kier alpha value is -0.440. The first-order chi connectivity index (χ1) is 14.4. The molecule has 170 valence electrons. The normalized spacial score (nSPS) is 22.5. The molecule has 0 aliphatic heterocycles. The number of rotatable bonds is 4. The predicted molar refractivity (Wildman–Crippen MR) is 129 cm³/mol. The topological polar surface area (TPSA) is 54.4 Å². The van der Waals surface area contributed by atoms with Crippen LogP contribution in [0.1, 0.15) is 102 Å². The maximum absolute atomic E-state index is 10.5. The summed E-state index contributed by atoms with van der Waals surface area (Å²) in [5.74, 6) is 0. The van der Waals surface area contributed by atoms with Gasteiger partial charge in [-0.2, -0.15) is 8.42 Å². The summed E-state index contributed by atoms with van der Waals surface area (Å²) >= 11 is 0. The minimum absolute atomic E-state index is 0.0666. The molecule has 30 heavy (non-hydrogen) atoms. The molecule has 4 rings (SSSR count). The molecule has 1 N–H and O–H groups in total. The molecule has 0 aromatic heterocycles. The molecule has 0 atom stereocenters. The van der Waals surface area contributed by atoms with Crippen LogP contribution >= 0.6 is 7.92 Å². The second-order valence-electron chi connectivity index (χ2n) is 9.61. The van der Waals surface area contributed by atoms with Crippen LogP contribution in [0.3, 0.4) is 0 Å². The highest BCUT2D eigenvalue weighted by Crippen LogP contribution is 2.61. The molecule has 0 radical (unpaired) electrons. The first-order valence-electron chi connectivity index (χ1n) is 12.3.